The number of nitrogens with zero attached hydrogens (tertiary/aromatic N) is 5. The van der Waals surface area contributed by atoms with Crippen molar-refractivity contribution in [2.75, 3.05) is 5.32 Å². The number of benzene rings is 2. The highest BCUT2D eigenvalue weighted by Crippen LogP contribution is 2.28. The topological polar surface area (TPSA) is 106 Å². The third kappa shape index (κ3) is 5.31. The minimum Gasteiger partial charge on any atom is -0.415 e. The van der Waals surface area contributed by atoms with Crippen LogP contribution in [-0.4, -0.2) is 42.6 Å². The quantitative estimate of drug-likeness (QED) is 0.297. The van der Waals surface area contributed by atoms with Gasteiger partial charge in [0.05, 0.1) is 28.0 Å². The number of nitrogens with one attached hydrogen (secondary N) is 1. The first-order valence-corrected chi connectivity index (χ1v) is 13.2. The van der Waals surface area contributed by atoms with Gasteiger partial charge in [0, 0.05) is 28.8 Å². The van der Waals surface area contributed by atoms with Gasteiger partial charge >= 0.3 is 6.43 Å². The van der Waals surface area contributed by atoms with Gasteiger partial charge in [-0.1, -0.05) is 23.2 Å². The first kappa shape index (κ1) is 27.7. The van der Waals surface area contributed by atoms with Crippen LogP contribution >= 0.6 is 23.2 Å². The molecule has 9 nitrogen and oxygen atoms in total. The van der Waals surface area contributed by atoms with Crippen LogP contribution in [0.5, 0.6) is 0 Å². The Kier molecular flexibility index (Phi) is 7.61. The zero-order chi connectivity index (χ0) is 28.7. The molecule has 3 heterocycles. The Morgan fingerprint density at radius 3 is 2.45 bits per heavy atom. The molecule has 5 rings (SSSR count). The van der Waals surface area contributed by atoms with Gasteiger partial charge in [-0.25, -0.2) is 9.55 Å². The van der Waals surface area contributed by atoms with Crippen LogP contribution in [0.3, 0.4) is 0 Å². The molecular formula is C27H24Cl2F2N6O3. The lowest BCUT2D eigenvalue weighted by Gasteiger charge is -2.34. The summed E-state index contributed by atoms with van der Waals surface area (Å²) < 4.78 is 32.2. The van der Waals surface area contributed by atoms with E-state index in [0.29, 0.717) is 45.5 Å². The Bertz CT molecular complexity index is 1640. The lowest BCUT2D eigenvalue weighted by atomic mass is 9.98. The van der Waals surface area contributed by atoms with E-state index in [-0.39, 0.29) is 41.0 Å². The van der Waals surface area contributed by atoms with E-state index in [1.807, 2.05) is 20.8 Å². The first-order chi connectivity index (χ1) is 19.0. The highest BCUT2D eigenvalue weighted by Gasteiger charge is 2.32. The van der Waals surface area contributed by atoms with Crippen molar-refractivity contribution in [3.63, 3.8) is 0 Å². The van der Waals surface area contributed by atoms with Gasteiger partial charge in [-0.3, -0.25) is 9.59 Å². The summed E-state index contributed by atoms with van der Waals surface area (Å²) in [5, 5.41) is 10.9. The molecule has 13 heteroatoms. The second kappa shape index (κ2) is 11.0. The summed E-state index contributed by atoms with van der Waals surface area (Å²) >= 11 is 12.1. The average Bonchev–Trinajstić information content (AvgIpc) is 3.41. The molecule has 1 N–H and O–H groups in total. The molecule has 2 aromatic carbocycles. The predicted molar refractivity (Wildman–Crippen MR) is 146 cm³/mol. The molecule has 4 aromatic rings. The molecule has 0 spiro atoms. The average molecular weight is 589 g/mol. The van der Waals surface area contributed by atoms with Crippen molar-refractivity contribution < 1.29 is 18.0 Å². The molecule has 1 aliphatic heterocycles. The van der Waals surface area contributed by atoms with E-state index in [0.717, 1.165) is 0 Å². The highest BCUT2D eigenvalue weighted by atomic mass is 35.5. The summed E-state index contributed by atoms with van der Waals surface area (Å²) in [5.41, 5.74) is 2.04. The molecule has 0 saturated heterocycles. The largest absolute Gasteiger partial charge is 0.415 e. The molecule has 2 aromatic heterocycles. The molecule has 0 radical (unpaired) electrons. The van der Waals surface area contributed by atoms with E-state index < -0.39 is 12.3 Å². The summed E-state index contributed by atoms with van der Waals surface area (Å²) in [6.45, 7) is 5.84. The normalized spacial score (nSPS) is 15.0. The Morgan fingerprint density at radius 1 is 1.10 bits per heavy atom. The van der Waals surface area contributed by atoms with Gasteiger partial charge in [-0.15, -0.1) is 10.2 Å². The van der Waals surface area contributed by atoms with E-state index in [1.54, 1.807) is 41.3 Å². The minimum absolute atomic E-state index is 0.0566. The van der Waals surface area contributed by atoms with Crippen LogP contribution in [0.25, 0.3) is 17.1 Å². The van der Waals surface area contributed by atoms with Crippen molar-refractivity contribution in [3.8, 4) is 17.1 Å². The molecule has 0 saturated carbocycles. The second-order valence-electron chi connectivity index (χ2n) is 9.71. The van der Waals surface area contributed by atoms with Crippen LogP contribution in [0.4, 0.5) is 14.7 Å². The van der Waals surface area contributed by atoms with Crippen LogP contribution in [-0.2, 0) is 13.0 Å². The van der Waals surface area contributed by atoms with Gasteiger partial charge in [0.1, 0.15) is 0 Å². The number of carbonyl (C=O) groups is 1. The standard InChI is InChI=1S/C27H24Cl2F2N6O3/c1-13(2)32-27-33-21-12-36(25(38)16-6-9-19(28)20(29)11-16)14(3)10-18(21)26(39)37(27)17-7-4-15(5-8-17)23-34-35-24(40-23)22(30)31/h4-9,11,13-14,22H,10,12H2,1-3H3,(H,32,33)/t14-/m1/s1. The molecule has 0 bridgehead atoms. The molecule has 0 aliphatic carbocycles. The molecule has 1 amide bonds. The van der Waals surface area contributed by atoms with Crippen molar-refractivity contribution in [2.45, 2.75) is 52.2 Å². The first-order valence-electron chi connectivity index (χ1n) is 12.4. The van der Waals surface area contributed by atoms with Gasteiger partial charge in [-0.05, 0) is 69.7 Å². The summed E-state index contributed by atoms with van der Waals surface area (Å²) in [6.07, 6.45) is -2.57. The third-order valence-corrected chi connectivity index (χ3v) is 7.20. The molecule has 0 unspecified atom stereocenters. The smallest absolute Gasteiger partial charge is 0.314 e. The number of carbonyl (C=O) groups excluding carboxylic acids is 1. The fourth-order valence-electron chi connectivity index (χ4n) is 4.51. The maximum absolute atomic E-state index is 13.8. The van der Waals surface area contributed by atoms with Gasteiger partial charge in [-0.2, -0.15) is 8.78 Å². The Hall–Kier alpha value is -3.83. The molecule has 40 heavy (non-hydrogen) atoms. The Labute approximate surface area is 237 Å². The molecular weight excluding hydrogens is 565 g/mol. The summed E-state index contributed by atoms with van der Waals surface area (Å²) in [7, 11) is 0. The van der Waals surface area contributed by atoms with Crippen LogP contribution in [0, 0.1) is 0 Å². The van der Waals surface area contributed by atoms with Crippen LogP contribution in [0.2, 0.25) is 10.0 Å². The van der Waals surface area contributed by atoms with Crippen molar-refractivity contribution in [2.24, 2.45) is 0 Å². The number of alkyl halides is 2. The monoisotopic (exact) mass is 588 g/mol. The van der Waals surface area contributed by atoms with Crippen LogP contribution in [0.15, 0.2) is 51.7 Å². The van der Waals surface area contributed by atoms with Crippen LogP contribution in [0.1, 0.15) is 54.7 Å². The number of hydrogen-bond acceptors (Lipinski definition) is 7. The van der Waals surface area contributed by atoms with Crippen molar-refractivity contribution in [3.05, 3.63) is 85.6 Å². The van der Waals surface area contributed by atoms with Gasteiger partial charge in [0.15, 0.2) is 0 Å². The molecule has 0 fully saturated rings. The summed E-state index contributed by atoms with van der Waals surface area (Å²) in [6, 6.07) is 10.9. The number of aromatic nitrogens is 4. The number of amides is 1. The van der Waals surface area contributed by atoms with Crippen molar-refractivity contribution in [1.82, 2.24) is 24.6 Å². The number of halogens is 4. The lowest BCUT2D eigenvalue weighted by Crippen LogP contribution is -2.46. The number of fused-ring (bicyclic) bond motifs is 1. The van der Waals surface area contributed by atoms with E-state index in [2.05, 4.69) is 15.5 Å². The fraction of sp³-hybridized carbons (Fsp3) is 0.296. The predicted octanol–water partition coefficient (Wildman–Crippen LogP) is 5.93. The zero-order valence-corrected chi connectivity index (χ0v) is 23.2. The van der Waals surface area contributed by atoms with Crippen molar-refractivity contribution in [1.29, 1.82) is 0 Å². The lowest BCUT2D eigenvalue weighted by molar-refractivity contribution is 0.0653. The second-order valence-corrected chi connectivity index (χ2v) is 10.5. The van der Waals surface area contributed by atoms with E-state index in [4.69, 9.17) is 32.6 Å². The van der Waals surface area contributed by atoms with E-state index >= 15 is 0 Å². The van der Waals surface area contributed by atoms with Crippen LogP contribution < -0.4 is 10.9 Å². The van der Waals surface area contributed by atoms with Crippen molar-refractivity contribution >= 4 is 35.1 Å². The fourth-order valence-corrected chi connectivity index (χ4v) is 4.81. The molecule has 208 valence electrons. The maximum Gasteiger partial charge on any atom is 0.314 e. The Balaban J connectivity index is 1.51. The maximum atomic E-state index is 13.8. The third-order valence-electron chi connectivity index (χ3n) is 6.46. The SMILES string of the molecule is CC(C)Nc1nc2c(c(=O)n1-c1ccc(-c3nnc(C(F)F)o3)cc1)C[C@@H](C)N(C(=O)c1ccc(Cl)c(Cl)c1)C2. The number of anilines is 1. The number of hydrogen-bond donors (Lipinski definition) is 1. The van der Waals surface area contributed by atoms with E-state index in [9.17, 15) is 18.4 Å². The molecule has 1 atom stereocenters. The van der Waals surface area contributed by atoms with Gasteiger partial charge in [0.2, 0.25) is 11.8 Å². The zero-order valence-electron chi connectivity index (χ0n) is 21.7. The van der Waals surface area contributed by atoms with E-state index in [1.165, 1.54) is 10.6 Å². The van der Waals surface area contributed by atoms with Gasteiger partial charge in [0.25, 0.3) is 17.4 Å². The Morgan fingerprint density at radius 2 is 1.82 bits per heavy atom. The highest BCUT2D eigenvalue weighted by molar-refractivity contribution is 6.42. The number of rotatable bonds is 6. The summed E-state index contributed by atoms with van der Waals surface area (Å²) in [4.78, 5) is 33.6. The molecule has 1 aliphatic rings. The summed E-state index contributed by atoms with van der Waals surface area (Å²) in [5.74, 6) is -0.759. The minimum atomic E-state index is -2.87. The van der Waals surface area contributed by atoms with Gasteiger partial charge < -0.3 is 14.6 Å².